The van der Waals surface area contributed by atoms with E-state index in [4.69, 9.17) is 9.47 Å². The summed E-state index contributed by atoms with van der Waals surface area (Å²) in [6.45, 7) is 2.82. The third-order valence-electron chi connectivity index (χ3n) is 4.49. The molecule has 5 nitrogen and oxygen atoms in total. The van der Waals surface area contributed by atoms with Gasteiger partial charge in [-0.15, -0.1) is 0 Å². The van der Waals surface area contributed by atoms with Crippen LogP contribution in [0.1, 0.15) is 58.3 Å². The fraction of sp³-hybridized carbons (Fsp3) is 0.875. The van der Waals surface area contributed by atoms with E-state index >= 15 is 0 Å². The minimum Gasteiger partial charge on any atom is -0.381 e. The van der Waals surface area contributed by atoms with Gasteiger partial charge in [0.15, 0.2) is 0 Å². The minimum absolute atomic E-state index is 0.178. The highest BCUT2D eigenvalue weighted by atomic mass is 16.5. The highest BCUT2D eigenvalue weighted by molar-refractivity contribution is 5.81. The molecule has 0 unspecified atom stereocenters. The van der Waals surface area contributed by atoms with Gasteiger partial charge < -0.3 is 14.8 Å². The first-order valence-corrected chi connectivity index (χ1v) is 8.12. The van der Waals surface area contributed by atoms with Gasteiger partial charge in [-0.3, -0.25) is 4.79 Å². The first-order chi connectivity index (χ1) is 10.2. The van der Waals surface area contributed by atoms with E-state index in [-0.39, 0.29) is 12.0 Å². The Hall–Kier alpha value is -1.12. The molecule has 1 saturated heterocycles. The fourth-order valence-corrected chi connectivity index (χ4v) is 3.05. The van der Waals surface area contributed by atoms with E-state index in [1.165, 1.54) is 25.7 Å². The Kier molecular flexibility index (Phi) is 6.01. The molecule has 1 heterocycles. The third-order valence-corrected chi connectivity index (χ3v) is 4.49. The number of amides is 1. The van der Waals surface area contributed by atoms with Gasteiger partial charge in [0.1, 0.15) is 11.6 Å². The van der Waals surface area contributed by atoms with Gasteiger partial charge in [-0.25, -0.2) is 0 Å². The zero-order valence-corrected chi connectivity index (χ0v) is 12.9. The molecular formula is C16H26N2O3. The highest BCUT2D eigenvalue weighted by Crippen LogP contribution is 2.22. The van der Waals surface area contributed by atoms with Crippen LogP contribution >= 0.6 is 0 Å². The second-order valence-corrected chi connectivity index (χ2v) is 6.19. The van der Waals surface area contributed by atoms with Gasteiger partial charge in [-0.05, 0) is 19.8 Å². The topological polar surface area (TPSA) is 71.3 Å². The van der Waals surface area contributed by atoms with Crippen LogP contribution in [0.3, 0.4) is 0 Å². The molecule has 2 rings (SSSR count). The average molecular weight is 294 g/mol. The monoisotopic (exact) mass is 294 g/mol. The summed E-state index contributed by atoms with van der Waals surface area (Å²) in [6.07, 6.45) is 7.73. The van der Waals surface area contributed by atoms with Gasteiger partial charge in [0.05, 0.1) is 12.2 Å². The number of hydrogen-bond donors (Lipinski definition) is 1. The zero-order chi connectivity index (χ0) is 15.1. The van der Waals surface area contributed by atoms with Crippen LogP contribution in [-0.4, -0.2) is 36.9 Å². The summed E-state index contributed by atoms with van der Waals surface area (Å²) < 4.78 is 11.2. The lowest BCUT2D eigenvalue weighted by Crippen LogP contribution is -2.54. The standard InChI is InChI=1S/C16H26N2O3/c1-13(21-14-6-4-2-3-5-7-14)15(19)18-16(12-17)8-10-20-11-9-16/h13-14H,2-11H2,1H3,(H,18,19)/t13-/m0/s1. The second-order valence-electron chi connectivity index (χ2n) is 6.19. The zero-order valence-electron chi connectivity index (χ0n) is 12.9. The van der Waals surface area contributed by atoms with Crippen LogP contribution in [0.15, 0.2) is 0 Å². The van der Waals surface area contributed by atoms with Crippen LogP contribution in [-0.2, 0) is 14.3 Å². The Morgan fingerprint density at radius 1 is 1.29 bits per heavy atom. The smallest absolute Gasteiger partial charge is 0.250 e. The molecule has 0 bridgehead atoms. The molecule has 0 radical (unpaired) electrons. The van der Waals surface area contributed by atoms with Crippen molar-refractivity contribution in [1.82, 2.24) is 5.32 Å². The number of hydrogen-bond acceptors (Lipinski definition) is 4. The van der Waals surface area contributed by atoms with E-state index in [9.17, 15) is 10.1 Å². The number of nitriles is 1. The summed E-state index contributed by atoms with van der Waals surface area (Å²) in [4.78, 5) is 12.3. The van der Waals surface area contributed by atoms with Crippen molar-refractivity contribution in [1.29, 1.82) is 5.26 Å². The summed E-state index contributed by atoms with van der Waals surface area (Å²) >= 11 is 0. The summed E-state index contributed by atoms with van der Waals surface area (Å²) in [7, 11) is 0. The van der Waals surface area contributed by atoms with Crippen molar-refractivity contribution in [2.45, 2.75) is 76.0 Å². The number of carbonyl (C=O) groups excluding carboxylic acids is 1. The van der Waals surface area contributed by atoms with E-state index in [1.807, 2.05) is 0 Å². The molecule has 1 N–H and O–H groups in total. The molecule has 0 aromatic carbocycles. The maximum Gasteiger partial charge on any atom is 0.250 e. The van der Waals surface area contributed by atoms with Gasteiger partial charge in [0.2, 0.25) is 5.91 Å². The largest absolute Gasteiger partial charge is 0.381 e. The molecular weight excluding hydrogens is 268 g/mol. The number of ether oxygens (including phenoxy) is 2. The summed E-state index contributed by atoms with van der Waals surface area (Å²) in [5.74, 6) is -0.178. The van der Waals surface area contributed by atoms with Crippen molar-refractivity contribution < 1.29 is 14.3 Å². The lowest BCUT2D eigenvalue weighted by Gasteiger charge is -2.33. The highest BCUT2D eigenvalue weighted by Gasteiger charge is 2.35. The van der Waals surface area contributed by atoms with Crippen molar-refractivity contribution in [3.05, 3.63) is 0 Å². The van der Waals surface area contributed by atoms with Crippen molar-refractivity contribution >= 4 is 5.91 Å². The fourth-order valence-electron chi connectivity index (χ4n) is 3.05. The van der Waals surface area contributed by atoms with E-state index in [1.54, 1.807) is 6.92 Å². The predicted octanol–water partition coefficient (Wildman–Crippen LogP) is 2.30. The first kappa shape index (κ1) is 16.3. The molecule has 0 aromatic rings. The molecule has 21 heavy (non-hydrogen) atoms. The molecule has 0 aromatic heterocycles. The van der Waals surface area contributed by atoms with Crippen molar-refractivity contribution in [2.75, 3.05) is 13.2 Å². The van der Waals surface area contributed by atoms with Crippen molar-refractivity contribution in [3.8, 4) is 6.07 Å². The quantitative estimate of drug-likeness (QED) is 0.808. The number of nitrogens with one attached hydrogen (secondary N) is 1. The van der Waals surface area contributed by atoms with Gasteiger partial charge in [-0.1, -0.05) is 25.7 Å². The molecule has 2 fully saturated rings. The van der Waals surface area contributed by atoms with Crippen LogP contribution in [0.25, 0.3) is 0 Å². The average Bonchev–Trinajstić information content (AvgIpc) is 2.76. The predicted molar refractivity (Wildman–Crippen MR) is 78.6 cm³/mol. The number of carbonyl (C=O) groups is 1. The maximum absolute atomic E-state index is 12.3. The first-order valence-electron chi connectivity index (χ1n) is 8.12. The van der Waals surface area contributed by atoms with Gasteiger partial charge in [0, 0.05) is 26.1 Å². The van der Waals surface area contributed by atoms with E-state index in [0.29, 0.717) is 26.1 Å². The lowest BCUT2D eigenvalue weighted by atomic mass is 9.91. The Bertz CT molecular complexity index is 377. The molecule has 0 spiro atoms. The van der Waals surface area contributed by atoms with Crippen LogP contribution in [0.4, 0.5) is 0 Å². The van der Waals surface area contributed by atoms with E-state index in [2.05, 4.69) is 11.4 Å². The Morgan fingerprint density at radius 3 is 2.48 bits per heavy atom. The SMILES string of the molecule is C[C@H](OC1CCCCCC1)C(=O)NC1(C#N)CCOCC1. The molecule has 5 heteroatoms. The second kappa shape index (κ2) is 7.77. The van der Waals surface area contributed by atoms with Crippen LogP contribution in [0, 0.1) is 11.3 Å². The Balaban J connectivity index is 1.85. The van der Waals surface area contributed by atoms with Crippen LogP contribution < -0.4 is 5.32 Å². The van der Waals surface area contributed by atoms with Crippen molar-refractivity contribution in [2.24, 2.45) is 0 Å². The normalized spacial score (nSPS) is 24.6. The number of nitrogens with zero attached hydrogens (tertiary/aromatic N) is 1. The number of rotatable bonds is 4. The van der Waals surface area contributed by atoms with Gasteiger partial charge in [0.25, 0.3) is 0 Å². The molecule has 2 aliphatic rings. The molecule has 1 aliphatic heterocycles. The third kappa shape index (κ3) is 4.69. The van der Waals surface area contributed by atoms with Crippen LogP contribution in [0.5, 0.6) is 0 Å². The molecule has 1 amide bonds. The molecule has 1 atom stereocenters. The Morgan fingerprint density at radius 2 is 1.90 bits per heavy atom. The molecule has 118 valence electrons. The summed E-state index contributed by atoms with van der Waals surface area (Å²) in [6, 6.07) is 2.25. The molecule has 1 aliphatic carbocycles. The van der Waals surface area contributed by atoms with Gasteiger partial charge in [-0.2, -0.15) is 5.26 Å². The van der Waals surface area contributed by atoms with Gasteiger partial charge >= 0.3 is 0 Å². The molecule has 1 saturated carbocycles. The summed E-state index contributed by atoms with van der Waals surface area (Å²) in [5.41, 5.74) is -0.781. The van der Waals surface area contributed by atoms with Crippen LogP contribution in [0.2, 0.25) is 0 Å². The van der Waals surface area contributed by atoms with E-state index in [0.717, 1.165) is 12.8 Å². The van der Waals surface area contributed by atoms with Crippen molar-refractivity contribution in [3.63, 3.8) is 0 Å². The van der Waals surface area contributed by atoms with E-state index < -0.39 is 11.6 Å². The maximum atomic E-state index is 12.3. The lowest BCUT2D eigenvalue weighted by molar-refractivity contribution is -0.138. The minimum atomic E-state index is -0.781. The summed E-state index contributed by atoms with van der Waals surface area (Å²) in [5, 5.41) is 12.3. The Labute approximate surface area is 127 Å².